The van der Waals surface area contributed by atoms with E-state index in [2.05, 4.69) is 0 Å². The van der Waals surface area contributed by atoms with Crippen molar-refractivity contribution < 1.29 is 24.2 Å². The monoisotopic (exact) mass is 525 g/mol. The highest BCUT2D eigenvalue weighted by Gasteiger charge is 2.49. The molecule has 202 valence electrons. The van der Waals surface area contributed by atoms with Gasteiger partial charge in [-0.1, -0.05) is 121 Å². The van der Waals surface area contributed by atoms with Gasteiger partial charge >= 0.3 is 0 Å². The fraction of sp³-hybridized carbons (Fsp3) is 0.273. The standard InChI is InChI=1S/C33H35NO5/c35-34(21-26-13-5-1-6-14-26)33-32(38-24-29-19-11-4-12-20-29)31(37-23-28-17-9-3-10-18-28)30(39-33)25-36-22-27-15-7-2-8-16-27/h1-20,30-33,35H,21-25H2/t30-,31+,32-,33?/m0/s1. The highest BCUT2D eigenvalue weighted by Crippen LogP contribution is 2.31. The van der Waals surface area contributed by atoms with Crippen molar-refractivity contribution >= 4 is 0 Å². The smallest absolute Gasteiger partial charge is 0.162 e. The zero-order valence-corrected chi connectivity index (χ0v) is 21.9. The lowest BCUT2D eigenvalue weighted by molar-refractivity contribution is -0.244. The van der Waals surface area contributed by atoms with Crippen molar-refractivity contribution in [2.24, 2.45) is 0 Å². The molecule has 0 aliphatic carbocycles. The molecule has 1 unspecified atom stereocenters. The van der Waals surface area contributed by atoms with E-state index < -0.39 is 24.5 Å². The van der Waals surface area contributed by atoms with E-state index in [1.54, 1.807) is 0 Å². The van der Waals surface area contributed by atoms with Gasteiger partial charge < -0.3 is 24.2 Å². The quantitative estimate of drug-likeness (QED) is 0.216. The van der Waals surface area contributed by atoms with E-state index in [1.165, 1.54) is 5.06 Å². The maximum Gasteiger partial charge on any atom is 0.162 e. The summed E-state index contributed by atoms with van der Waals surface area (Å²) in [5, 5.41) is 12.4. The summed E-state index contributed by atoms with van der Waals surface area (Å²) >= 11 is 0. The lowest BCUT2D eigenvalue weighted by Gasteiger charge is -2.28. The summed E-state index contributed by atoms with van der Waals surface area (Å²) < 4.78 is 25.4. The third-order valence-electron chi connectivity index (χ3n) is 6.73. The van der Waals surface area contributed by atoms with Gasteiger partial charge in [-0.05, 0) is 22.3 Å². The summed E-state index contributed by atoms with van der Waals surface area (Å²) in [4.78, 5) is 0. The van der Waals surface area contributed by atoms with E-state index in [0.717, 1.165) is 22.3 Å². The molecule has 0 aromatic heterocycles. The summed E-state index contributed by atoms with van der Waals surface area (Å²) in [5.41, 5.74) is 4.14. The van der Waals surface area contributed by atoms with Crippen LogP contribution >= 0.6 is 0 Å². The Morgan fingerprint density at radius 2 is 1.00 bits per heavy atom. The molecule has 1 fully saturated rings. The molecule has 6 nitrogen and oxygen atoms in total. The molecule has 4 atom stereocenters. The Kier molecular flexibility index (Phi) is 9.87. The first-order chi connectivity index (χ1) is 19.3. The molecule has 1 N–H and O–H groups in total. The zero-order chi connectivity index (χ0) is 26.7. The van der Waals surface area contributed by atoms with Crippen molar-refractivity contribution in [1.82, 2.24) is 5.06 Å². The average molecular weight is 526 g/mol. The molecule has 1 aliphatic heterocycles. The second-order valence-corrected chi connectivity index (χ2v) is 9.67. The van der Waals surface area contributed by atoms with Gasteiger partial charge in [0, 0.05) is 0 Å². The fourth-order valence-electron chi connectivity index (χ4n) is 4.72. The number of hydroxylamine groups is 2. The minimum absolute atomic E-state index is 0.291. The maximum atomic E-state index is 11.2. The van der Waals surface area contributed by atoms with E-state index in [-0.39, 0.29) is 0 Å². The third-order valence-corrected chi connectivity index (χ3v) is 6.73. The van der Waals surface area contributed by atoms with Crippen LogP contribution in [-0.4, -0.2) is 41.4 Å². The molecule has 1 heterocycles. The normalized spacial score (nSPS) is 20.9. The predicted octanol–water partition coefficient (Wildman–Crippen LogP) is 5.99. The number of hydrogen-bond donors (Lipinski definition) is 1. The Morgan fingerprint density at radius 3 is 1.51 bits per heavy atom. The predicted molar refractivity (Wildman–Crippen MR) is 149 cm³/mol. The van der Waals surface area contributed by atoms with Crippen molar-refractivity contribution in [1.29, 1.82) is 0 Å². The van der Waals surface area contributed by atoms with Crippen LogP contribution in [0.1, 0.15) is 22.3 Å². The van der Waals surface area contributed by atoms with E-state index >= 15 is 0 Å². The molecule has 6 heteroatoms. The minimum atomic E-state index is -0.736. The lowest BCUT2D eigenvalue weighted by atomic mass is 10.1. The molecular weight excluding hydrogens is 490 g/mol. The summed E-state index contributed by atoms with van der Waals surface area (Å²) in [6.07, 6.45) is -2.18. The average Bonchev–Trinajstić information content (AvgIpc) is 3.34. The van der Waals surface area contributed by atoms with Gasteiger partial charge in [-0.3, -0.25) is 0 Å². The summed E-state index contributed by atoms with van der Waals surface area (Å²) in [5.74, 6) is 0. The van der Waals surface area contributed by atoms with Gasteiger partial charge in [0.05, 0.1) is 33.0 Å². The van der Waals surface area contributed by atoms with Crippen LogP contribution in [0.5, 0.6) is 0 Å². The van der Waals surface area contributed by atoms with E-state index in [4.69, 9.17) is 18.9 Å². The van der Waals surface area contributed by atoms with Gasteiger partial charge in [-0.15, -0.1) is 0 Å². The molecule has 0 saturated carbocycles. The van der Waals surface area contributed by atoms with E-state index in [9.17, 15) is 5.21 Å². The van der Waals surface area contributed by atoms with Crippen LogP contribution in [0.15, 0.2) is 121 Å². The second-order valence-electron chi connectivity index (χ2n) is 9.67. The molecule has 1 aliphatic rings. The zero-order valence-electron chi connectivity index (χ0n) is 21.9. The summed E-state index contributed by atoms with van der Waals surface area (Å²) in [7, 11) is 0. The molecule has 39 heavy (non-hydrogen) atoms. The van der Waals surface area contributed by atoms with Crippen molar-refractivity contribution in [2.75, 3.05) is 6.61 Å². The molecule has 0 radical (unpaired) electrons. The lowest BCUT2D eigenvalue weighted by Crippen LogP contribution is -2.44. The molecule has 4 aromatic carbocycles. The molecule has 0 amide bonds. The molecular formula is C33H35NO5. The highest BCUT2D eigenvalue weighted by molar-refractivity contribution is 5.16. The summed E-state index contributed by atoms with van der Waals surface area (Å²) in [6, 6.07) is 39.9. The van der Waals surface area contributed by atoms with Crippen molar-refractivity contribution in [2.45, 2.75) is 50.9 Å². The van der Waals surface area contributed by atoms with Gasteiger partial charge in [0.2, 0.25) is 0 Å². The van der Waals surface area contributed by atoms with Crippen LogP contribution in [0, 0.1) is 0 Å². The Bertz CT molecular complexity index is 1230. The van der Waals surface area contributed by atoms with Crippen LogP contribution < -0.4 is 0 Å². The SMILES string of the molecule is ON(Cc1ccccc1)C1O[C@@H](COCc2ccccc2)[C@@H](OCc2ccccc2)[C@@H]1OCc1ccccc1. The van der Waals surface area contributed by atoms with Crippen LogP contribution in [-0.2, 0) is 45.3 Å². The van der Waals surface area contributed by atoms with Crippen LogP contribution in [0.3, 0.4) is 0 Å². The van der Waals surface area contributed by atoms with Crippen molar-refractivity contribution in [3.63, 3.8) is 0 Å². The van der Waals surface area contributed by atoms with Crippen molar-refractivity contribution in [3.05, 3.63) is 144 Å². The highest BCUT2D eigenvalue weighted by atomic mass is 16.7. The van der Waals surface area contributed by atoms with Crippen LogP contribution in [0.2, 0.25) is 0 Å². The Hall–Kier alpha value is -3.36. The summed E-state index contributed by atoms with van der Waals surface area (Å²) in [6.45, 7) is 1.81. The number of nitrogens with zero attached hydrogens (tertiary/aromatic N) is 1. The third kappa shape index (κ3) is 7.83. The molecule has 0 bridgehead atoms. The van der Waals surface area contributed by atoms with Gasteiger partial charge in [0.1, 0.15) is 18.3 Å². The number of benzene rings is 4. The first-order valence-corrected chi connectivity index (χ1v) is 13.3. The first kappa shape index (κ1) is 27.2. The fourth-order valence-corrected chi connectivity index (χ4v) is 4.72. The largest absolute Gasteiger partial charge is 0.374 e. The number of hydrogen-bond acceptors (Lipinski definition) is 6. The van der Waals surface area contributed by atoms with Crippen molar-refractivity contribution in [3.8, 4) is 0 Å². The molecule has 1 saturated heterocycles. The molecule has 4 aromatic rings. The van der Waals surface area contributed by atoms with Gasteiger partial charge in [-0.25, -0.2) is 0 Å². The van der Waals surface area contributed by atoms with E-state index in [0.29, 0.717) is 33.0 Å². The van der Waals surface area contributed by atoms with Gasteiger partial charge in [0.15, 0.2) is 6.23 Å². The second kappa shape index (κ2) is 14.1. The van der Waals surface area contributed by atoms with E-state index in [1.807, 2.05) is 121 Å². The number of rotatable bonds is 13. The topological polar surface area (TPSA) is 60.4 Å². The maximum absolute atomic E-state index is 11.2. The molecule has 0 spiro atoms. The first-order valence-electron chi connectivity index (χ1n) is 13.3. The minimum Gasteiger partial charge on any atom is -0.374 e. The van der Waals surface area contributed by atoms with Crippen LogP contribution in [0.4, 0.5) is 0 Å². The Labute approximate surface area is 230 Å². The van der Waals surface area contributed by atoms with Crippen LogP contribution in [0.25, 0.3) is 0 Å². The van der Waals surface area contributed by atoms with Gasteiger partial charge in [-0.2, -0.15) is 5.06 Å². The van der Waals surface area contributed by atoms with Gasteiger partial charge in [0.25, 0.3) is 0 Å². The Morgan fingerprint density at radius 1 is 0.564 bits per heavy atom. The Balaban J connectivity index is 1.35. The number of ether oxygens (including phenoxy) is 4. The molecule has 5 rings (SSSR count).